The average Bonchev–Trinajstić information content (AvgIpc) is 2.75. The minimum atomic E-state index is -1.26. The van der Waals surface area contributed by atoms with Crippen LogP contribution in [-0.2, 0) is 0 Å². The highest BCUT2D eigenvalue weighted by atomic mass is 19.2. The Labute approximate surface area is 198 Å². The zero-order valence-electron chi connectivity index (χ0n) is 19.5. The standard InChI is InChI=1S/C26H32F3N3O2/c1-17-9-12-22(21(28)13-17)31-24-19(10-11-20(27)23(24)29)25(33)32-15-26(34,16-32)14-30-18-7-5-3-2-4-6-8-18/h9-13,18,30-31,34H,2-8,14-16H2,1H3. The quantitative estimate of drug-likeness (QED) is 0.548. The number of likely N-dealkylation sites (tertiary alicyclic amines) is 1. The van der Waals surface area contributed by atoms with Gasteiger partial charge in [0.25, 0.3) is 5.91 Å². The topological polar surface area (TPSA) is 64.6 Å². The number of β-amino-alcohol motifs (C(OH)–C–C–N with tert-alkyl or cyclic N) is 1. The zero-order chi connectivity index (χ0) is 24.3. The molecule has 0 bridgehead atoms. The third kappa shape index (κ3) is 5.55. The Balaban J connectivity index is 1.43. The van der Waals surface area contributed by atoms with Crippen molar-refractivity contribution < 1.29 is 23.1 Å². The van der Waals surface area contributed by atoms with Gasteiger partial charge in [-0.1, -0.05) is 38.2 Å². The molecule has 8 heteroatoms. The normalized spacial score (nSPS) is 18.7. The Morgan fingerprint density at radius 3 is 2.38 bits per heavy atom. The van der Waals surface area contributed by atoms with Crippen molar-refractivity contribution in [2.45, 2.75) is 63.5 Å². The van der Waals surface area contributed by atoms with Crippen molar-refractivity contribution in [1.82, 2.24) is 10.2 Å². The van der Waals surface area contributed by atoms with Gasteiger partial charge in [-0.05, 0) is 49.6 Å². The second-order valence-electron chi connectivity index (χ2n) is 9.70. The first-order valence-electron chi connectivity index (χ1n) is 12.0. The van der Waals surface area contributed by atoms with Gasteiger partial charge in [-0.2, -0.15) is 0 Å². The van der Waals surface area contributed by atoms with Gasteiger partial charge in [-0.3, -0.25) is 4.79 Å². The van der Waals surface area contributed by atoms with Crippen LogP contribution in [0.25, 0.3) is 0 Å². The molecule has 4 rings (SSSR count). The lowest BCUT2D eigenvalue weighted by atomic mass is 9.91. The predicted molar refractivity (Wildman–Crippen MR) is 126 cm³/mol. The first kappa shape index (κ1) is 24.5. The molecule has 184 valence electrons. The molecule has 3 N–H and O–H groups in total. The van der Waals surface area contributed by atoms with Crippen LogP contribution in [-0.4, -0.2) is 47.2 Å². The van der Waals surface area contributed by atoms with Crippen LogP contribution in [0.5, 0.6) is 0 Å². The maximum atomic E-state index is 14.7. The number of hydrogen-bond donors (Lipinski definition) is 3. The molecule has 0 radical (unpaired) electrons. The van der Waals surface area contributed by atoms with Crippen LogP contribution in [0.4, 0.5) is 24.5 Å². The molecule has 0 spiro atoms. The Bertz CT molecular complexity index is 1030. The van der Waals surface area contributed by atoms with Crippen molar-refractivity contribution in [1.29, 1.82) is 0 Å². The van der Waals surface area contributed by atoms with E-state index < -0.39 is 34.6 Å². The van der Waals surface area contributed by atoms with Crippen molar-refractivity contribution in [3.8, 4) is 0 Å². The lowest BCUT2D eigenvalue weighted by Crippen LogP contribution is -2.67. The average molecular weight is 476 g/mol. The molecule has 2 aliphatic rings. The van der Waals surface area contributed by atoms with Crippen molar-refractivity contribution in [2.75, 3.05) is 25.0 Å². The van der Waals surface area contributed by atoms with Gasteiger partial charge in [0, 0.05) is 12.6 Å². The molecule has 1 saturated carbocycles. The van der Waals surface area contributed by atoms with E-state index in [1.807, 2.05) is 0 Å². The predicted octanol–water partition coefficient (Wildman–Crippen LogP) is 5.05. The minimum Gasteiger partial charge on any atom is -0.385 e. The Morgan fingerprint density at radius 1 is 1.03 bits per heavy atom. The molecule has 2 aromatic rings. The molecule has 2 fully saturated rings. The summed E-state index contributed by atoms with van der Waals surface area (Å²) in [6.45, 7) is 2.26. The summed E-state index contributed by atoms with van der Waals surface area (Å²) in [6, 6.07) is 6.72. The number of carbonyl (C=O) groups is 1. The first-order valence-corrected chi connectivity index (χ1v) is 12.0. The van der Waals surface area contributed by atoms with Crippen LogP contribution in [0.2, 0.25) is 0 Å². The molecule has 0 unspecified atom stereocenters. The largest absolute Gasteiger partial charge is 0.385 e. The zero-order valence-corrected chi connectivity index (χ0v) is 19.5. The van der Waals surface area contributed by atoms with E-state index in [1.54, 1.807) is 13.0 Å². The number of halogens is 3. The highest BCUT2D eigenvalue weighted by Crippen LogP contribution is 2.31. The van der Waals surface area contributed by atoms with Crippen molar-refractivity contribution in [3.63, 3.8) is 0 Å². The highest BCUT2D eigenvalue weighted by Gasteiger charge is 2.44. The second-order valence-corrected chi connectivity index (χ2v) is 9.70. The number of nitrogens with zero attached hydrogens (tertiary/aromatic N) is 1. The van der Waals surface area contributed by atoms with Crippen LogP contribution in [0.1, 0.15) is 60.9 Å². The molecular weight excluding hydrogens is 443 g/mol. The summed E-state index contributed by atoms with van der Waals surface area (Å²) in [5.74, 6) is -3.59. The summed E-state index contributed by atoms with van der Waals surface area (Å²) in [6.07, 6.45) is 8.27. The number of hydrogen-bond acceptors (Lipinski definition) is 4. The number of aryl methyl sites for hydroxylation is 1. The molecular formula is C26H32F3N3O2. The fraction of sp³-hybridized carbons (Fsp3) is 0.500. The van der Waals surface area contributed by atoms with E-state index in [2.05, 4.69) is 10.6 Å². The van der Waals surface area contributed by atoms with E-state index in [-0.39, 0.29) is 24.3 Å². The molecule has 1 aliphatic carbocycles. The third-order valence-corrected chi connectivity index (χ3v) is 6.79. The maximum Gasteiger partial charge on any atom is 0.256 e. The lowest BCUT2D eigenvalue weighted by molar-refractivity contribution is -0.0800. The van der Waals surface area contributed by atoms with Gasteiger partial charge >= 0.3 is 0 Å². The summed E-state index contributed by atoms with van der Waals surface area (Å²) >= 11 is 0. The van der Waals surface area contributed by atoms with Gasteiger partial charge in [0.15, 0.2) is 11.6 Å². The lowest BCUT2D eigenvalue weighted by Gasteiger charge is -2.47. The number of amides is 1. The molecule has 1 amide bonds. The highest BCUT2D eigenvalue weighted by molar-refractivity contribution is 6.01. The molecule has 2 aromatic carbocycles. The van der Waals surface area contributed by atoms with E-state index in [4.69, 9.17) is 0 Å². The van der Waals surface area contributed by atoms with E-state index in [0.29, 0.717) is 18.2 Å². The Morgan fingerprint density at radius 2 is 1.71 bits per heavy atom. The van der Waals surface area contributed by atoms with Crippen LogP contribution >= 0.6 is 0 Å². The van der Waals surface area contributed by atoms with Crippen molar-refractivity contribution in [2.24, 2.45) is 0 Å². The van der Waals surface area contributed by atoms with Gasteiger partial charge in [-0.15, -0.1) is 0 Å². The van der Waals surface area contributed by atoms with E-state index in [1.165, 1.54) is 55.2 Å². The van der Waals surface area contributed by atoms with Gasteiger partial charge in [0.1, 0.15) is 11.4 Å². The van der Waals surface area contributed by atoms with E-state index >= 15 is 0 Å². The number of nitrogens with one attached hydrogen (secondary N) is 2. The smallest absolute Gasteiger partial charge is 0.256 e. The minimum absolute atomic E-state index is 0.0623. The van der Waals surface area contributed by atoms with Crippen molar-refractivity contribution in [3.05, 3.63) is 58.9 Å². The van der Waals surface area contributed by atoms with Gasteiger partial charge in [-0.25, -0.2) is 13.2 Å². The van der Waals surface area contributed by atoms with E-state index in [9.17, 15) is 23.1 Å². The van der Waals surface area contributed by atoms with E-state index in [0.717, 1.165) is 18.9 Å². The van der Waals surface area contributed by atoms with Crippen LogP contribution in [0.15, 0.2) is 30.3 Å². The molecule has 0 atom stereocenters. The number of rotatable bonds is 6. The summed E-state index contributed by atoms with van der Waals surface area (Å²) < 4.78 is 42.9. The molecule has 34 heavy (non-hydrogen) atoms. The van der Waals surface area contributed by atoms with Crippen LogP contribution in [0, 0.1) is 24.4 Å². The summed E-state index contributed by atoms with van der Waals surface area (Å²) in [7, 11) is 0. The molecule has 1 heterocycles. The number of carbonyl (C=O) groups excluding carboxylic acids is 1. The third-order valence-electron chi connectivity index (χ3n) is 6.79. The fourth-order valence-electron chi connectivity index (χ4n) is 4.79. The Kier molecular flexibility index (Phi) is 7.48. The molecule has 5 nitrogen and oxygen atoms in total. The van der Waals surface area contributed by atoms with Crippen LogP contribution < -0.4 is 10.6 Å². The monoisotopic (exact) mass is 475 g/mol. The van der Waals surface area contributed by atoms with Gasteiger partial charge in [0.2, 0.25) is 0 Å². The van der Waals surface area contributed by atoms with Gasteiger partial charge < -0.3 is 20.6 Å². The summed E-state index contributed by atoms with van der Waals surface area (Å²) in [5, 5.41) is 16.8. The van der Waals surface area contributed by atoms with Crippen LogP contribution in [0.3, 0.4) is 0 Å². The Hall–Kier alpha value is -2.58. The summed E-state index contributed by atoms with van der Waals surface area (Å²) in [4.78, 5) is 14.5. The van der Waals surface area contributed by atoms with Gasteiger partial charge in [0.05, 0.1) is 30.0 Å². The maximum absolute atomic E-state index is 14.7. The van der Waals surface area contributed by atoms with Crippen molar-refractivity contribution >= 4 is 17.3 Å². The first-order chi connectivity index (χ1) is 16.3. The molecule has 1 saturated heterocycles. The fourth-order valence-corrected chi connectivity index (χ4v) is 4.79. The molecule has 0 aromatic heterocycles. The number of aliphatic hydroxyl groups is 1. The SMILES string of the molecule is Cc1ccc(Nc2c(C(=O)N3CC(O)(CNC4CCCCCCC4)C3)ccc(F)c2F)c(F)c1. The number of benzene rings is 2. The number of anilines is 2. The summed E-state index contributed by atoms with van der Waals surface area (Å²) in [5.41, 5.74) is -0.989. The second kappa shape index (κ2) is 10.4. The molecule has 1 aliphatic heterocycles.